The number of amides is 1. The van der Waals surface area contributed by atoms with Crippen molar-refractivity contribution in [2.45, 2.75) is 6.04 Å². The Balaban J connectivity index is 2.92. The van der Waals surface area contributed by atoms with Crippen LogP contribution in [0.25, 0.3) is 0 Å². The van der Waals surface area contributed by atoms with Gasteiger partial charge in [-0.2, -0.15) is 0 Å². The quantitative estimate of drug-likeness (QED) is 0.748. The summed E-state index contributed by atoms with van der Waals surface area (Å²) in [7, 11) is 4.57. The molecule has 1 aromatic rings. The Kier molecular flexibility index (Phi) is 6.11. The first kappa shape index (κ1) is 15.3. The number of benzene rings is 1. The normalized spacial score (nSPS) is 11.8. The second-order valence-electron chi connectivity index (χ2n) is 3.90. The Morgan fingerprint density at radius 2 is 2.05 bits per heavy atom. The third-order valence-corrected chi connectivity index (χ3v) is 2.64. The fourth-order valence-corrected chi connectivity index (χ4v) is 1.70. The molecule has 0 saturated carbocycles. The highest BCUT2D eigenvalue weighted by Crippen LogP contribution is 2.30. The van der Waals surface area contributed by atoms with Gasteiger partial charge in [0.2, 0.25) is 0 Å². The van der Waals surface area contributed by atoms with Crippen molar-refractivity contribution in [3.8, 4) is 11.5 Å². The van der Waals surface area contributed by atoms with E-state index in [1.54, 1.807) is 25.3 Å². The largest absolute Gasteiger partial charge is 0.493 e. The molecule has 1 atom stereocenters. The summed E-state index contributed by atoms with van der Waals surface area (Å²) in [6.07, 6.45) is 0. The van der Waals surface area contributed by atoms with Crippen molar-refractivity contribution in [2.75, 3.05) is 34.5 Å². The zero-order valence-corrected chi connectivity index (χ0v) is 11.4. The Hall–Kier alpha value is -1.79. The van der Waals surface area contributed by atoms with Gasteiger partial charge in [-0.15, -0.1) is 0 Å². The van der Waals surface area contributed by atoms with E-state index in [1.165, 1.54) is 14.2 Å². The number of ether oxygens (including phenoxy) is 3. The summed E-state index contributed by atoms with van der Waals surface area (Å²) in [4.78, 5) is 12.2. The van der Waals surface area contributed by atoms with Crippen LogP contribution >= 0.6 is 0 Å². The van der Waals surface area contributed by atoms with Gasteiger partial charge in [0, 0.05) is 13.7 Å². The minimum absolute atomic E-state index is 0.242. The van der Waals surface area contributed by atoms with Gasteiger partial charge in [0.15, 0.2) is 11.5 Å². The van der Waals surface area contributed by atoms with Crippen LogP contribution in [0, 0.1) is 0 Å². The van der Waals surface area contributed by atoms with Gasteiger partial charge < -0.3 is 25.3 Å². The molecule has 0 heterocycles. The molecule has 0 aromatic heterocycles. The van der Waals surface area contributed by atoms with Gasteiger partial charge in [-0.05, 0) is 12.1 Å². The highest BCUT2D eigenvalue weighted by Gasteiger charge is 2.18. The summed E-state index contributed by atoms with van der Waals surface area (Å²) in [5.74, 6) is 0.630. The van der Waals surface area contributed by atoms with Crippen LogP contribution in [0.1, 0.15) is 10.4 Å². The van der Waals surface area contributed by atoms with E-state index in [2.05, 4.69) is 5.32 Å². The van der Waals surface area contributed by atoms with E-state index in [9.17, 15) is 4.79 Å². The van der Waals surface area contributed by atoms with Crippen molar-refractivity contribution in [2.24, 2.45) is 5.73 Å². The molecule has 0 spiro atoms. The maximum absolute atomic E-state index is 12.2. The van der Waals surface area contributed by atoms with Gasteiger partial charge in [0.1, 0.15) is 0 Å². The molecule has 0 aliphatic carbocycles. The molecular formula is C13H20N2O4. The highest BCUT2D eigenvalue weighted by molar-refractivity contribution is 5.98. The third kappa shape index (κ3) is 3.84. The molecule has 0 saturated heterocycles. The van der Waals surface area contributed by atoms with Crippen molar-refractivity contribution in [3.05, 3.63) is 23.8 Å². The van der Waals surface area contributed by atoms with Crippen molar-refractivity contribution in [1.29, 1.82) is 0 Å². The lowest BCUT2D eigenvalue weighted by Crippen LogP contribution is -2.43. The molecule has 0 radical (unpaired) electrons. The third-order valence-electron chi connectivity index (χ3n) is 2.64. The topological polar surface area (TPSA) is 82.8 Å². The van der Waals surface area contributed by atoms with Crippen LogP contribution in [0.3, 0.4) is 0 Å². The predicted molar refractivity (Wildman–Crippen MR) is 71.7 cm³/mol. The lowest BCUT2D eigenvalue weighted by molar-refractivity contribution is 0.0897. The number of nitrogens with two attached hydrogens (primary N) is 1. The molecule has 1 rings (SSSR count). The smallest absolute Gasteiger partial charge is 0.255 e. The van der Waals surface area contributed by atoms with E-state index in [-0.39, 0.29) is 11.9 Å². The molecule has 3 N–H and O–H groups in total. The standard InChI is InChI=1S/C13H20N2O4/c1-17-8-9(7-14)15-13(16)10-5-4-6-11(18-2)12(10)19-3/h4-6,9H,7-8,14H2,1-3H3,(H,15,16). The average Bonchev–Trinajstić information content (AvgIpc) is 2.45. The molecule has 1 aromatic carbocycles. The molecule has 0 bridgehead atoms. The average molecular weight is 268 g/mol. The maximum Gasteiger partial charge on any atom is 0.255 e. The summed E-state index contributed by atoms with van der Waals surface area (Å²) in [6.45, 7) is 0.653. The van der Waals surface area contributed by atoms with Crippen molar-refractivity contribution >= 4 is 5.91 Å². The predicted octanol–water partition coefficient (Wildman–Crippen LogP) is 0.407. The minimum atomic E-state index is -0.275. The van der Waals surface area contributed by atoms with E-state index in [4.69, 9.17) is 19.9 Å². The Morgan fingerprint density at radius 1 is 1.32 bits per heavy atom. The molecule has 19 heavy (non-hydrogen) atoms. The van der Waals surface area contributed by atoms with Crippen LogP contribution in [0.2, 0.25) is 0 Å². The number of methoxy groups -OCH3 is 3. The second-order valence-corrected chi connectivity index (χ2v) is 3.90. The molecule has 6 heteroatoms. The first-order valence-electron chi connectivity index (χ1n) is 5.88. The van der Waals surface area contributed by atoms with Gasteiger partial charge in [0.25, 0.3) is 5.91 Å². The minimum Gasteiger partial charge on any atom is -0.493 e. The zero-order valence-electron chi connectivity index (χ0n) is 11.4. The van der Waals surface area contributed by atoms with Gasteiger partial charge in [0.05, 0.1) is 32.4 Å². The van der Waals surface area contributed by atoms with Crippen molar-refractivity contribution in [1.82, 2.24) is 5.32 Å². The SMILES string of the molecule is COCC(CN)NC(=O)c1cccc(OC)c1OC. The summed E-state index contributed by atoms with van der Waals surface area (Å²) in [5.41, 5.74) is 5.96. The lowest BCUT2D eigenvalue weighted by atomic mass is 10.1. The van der Waals surface area contributed by atoms with Gasteiger partial charge in [-0.1, -0.05) is 6.07 Å². The van der Waals surface area contributed by atoms with E-state index in [1.807, 2.05) is 0 Å². The lowest BCUT2D eigenvalue weighted by Gasteiger charge is -2.17. The first-order chi connectivity index (χ1) is 9.17. The summed E-state index contributed by atoms with van der Waals surface area (Å²) in [5, 5.41) is 2.79. The molecular weight excluding hydrogens is 248 g/mol. The molecule has 0 aliphatic rings. The molecule has 1 unspecified atom stereocenters. The Morgan fingerprint density at radius 3 is 2.58 bits per heavy atom. The van der Waals surface area contributed by atoms with Crippen LogP contribution in [-0.2, 0) is 4.74 Å². The second kappa shape index (κ2) is 7.60. The number of hydrogen-bond donors (Lipinski definition) is 2. The Bertz CT molecular complexity index is 423. The Labute approximate surface area is 112 Å². The number of hydrogen-bond acceptors (Lipinski definition) is 5. The zero-order chi connectivity index (χ0) is 14.3. The maximum atomic E-state index is 12.2. The van der Waals surface area contributed by atoms with Crippen LogP contribution in [0.4, 0.5) is 0 Å². The number of carbonyl (C=O) groups excluding carboxylic acids is 1. The summed E-state index contributed by atoms with van der Waals surface area (Å²) >= 11 is 0. The highest BCUT2D eigenvalue weighted by atomic mass is 16.5. The van der Waals surface area contributed by atoms with E-state index >= 15 is 0 Å². The van der Waals surface area contributed by atoms with Crippen LogP contribution in [-0.4, -0.2) is 46.4 Å². The molecule has 1 amide bonds. The van der Waals surface area contributed by atoms with Gasteiger partial charge in [-0.25, -0.2) is 0 Å². The number of carbonyl (C=O) groups is 1. The molecule has 0 fully saturated rings. The van der Waals surface area contributed by atoms with Gasteiger partial charge in [-0.3, -0.25) is 4.79 Å². The van der Waals surface area contributed by atoms with Crippen molar-refractivity contribution < 1.29 is 19.0 Å². The monoisotopic (exact) mass is 268 g/mol. The first-order valence-corrected chi connectivity index (χ1v) is 5.88. The van der Waals surface area contributed by atoms with E-state index in [0.717, 1.165) is 0 Å². The van der Waals surface area contributed by atoms with Crippen molar-refractivity contribution in [3.63, 3.8) is 0 Å². The fraction of sp³-hybridized carbons (Fsp3) is 0.462. The van der Waals surface area contributed by atoms with E-state index in [0.29, 0.717) is 30.2 Å². The number of nitrogens with one attached hydrogen (secondary N) is 1. The van der Waals surface area contributed by atoms with Crippen LogP contribution in [0.5, 0.6) is 11.5 Å². The summed E-state index contributed by atoms with van der Waals surface area (Å²) in [6, 6.07) is 4.88. The molecule has 106 valence electrons. The number of rotatable bonds is 7. The summed E-state index contributed by atoms with van der Waals surface area (Å²) < 4.78 is 15.3. The number of para-hydroxylation sites is 1. The van der Waals surface area contributed by atoms with E-state index < -0.39 is 0 Å². The molecule has 0 aliphatic heterocycles. The van der Waals surface area contributed by atoms with Gasteiger partial charge >= 0.3 is 0 Å². The van der Waals surface area contributed by atoms with Crippen LogP contribution in [0.15, 0.2) is 18.2 Å². The molecule has 6 nitrogen and oxygen atoms in total. The van der Waals surface area contributed by atoms with Crippen LogP contribution < -0.4 is 20.5 Å². The fourth-order valence-electron chi connectivity index (χ4n) is 1.70.